The zero-order chi connectivity index (χ0) is 14.5. The maximum atomic E-state index is 13.6. The van der Waals surface area contributed by atoms with Crippen LogP contribution in [-0.2, 0) is 6.54 Å². The van der Waals surface area contributed by atoms with Crippen molar-refractivity contribution >= 4 is 5.69 Å². The van der Waals surface area contributed by atoms with Crippen LogP contribution in [0.3, 0.4) is 0 Å². The first-order valence-electron chi connectivity index (χ1n) is 5.76. The Kier molecular flexibility index (Phi) is 4.11. The van der Waals surface area contributed by atoms with Gasteiger partial charge in [0.15, 0.2) is 11.6 Å². The molecule has 0 radical (unpaired) electrons. The summed E-state index contributed by atoms with van der Waals surface area (Å²) in [6.07, 6.45) is 1.57. The Balaban J connectivity index is 2.11. The average molecular weight is 275 g/mol. The summed E-state index contributed by atoms with van der Waals surface area (Å²) in [6.45, 7) is 0.277. The third-order valence-corrected chi connectivity index (χ3v) is 2.69. The number of ether oxygens (including phenoxy) is 1. The van der Waals surface area contributed by atoms with Gasteiger partial charge in [-0.1, -0.05) is 6.07 Å². The molecule has 0 unspecified atom stereocenters. The number of rotatable bonds is 4. The van der Waals surface area contributed by atoms with Crippen molar-refractivity contribution in [3.8, 4) is 11.9 Å². The summed E-state index contributed by atoms with van der Waals surface area (Å²) in [4.78, 5) is 4.00. The van der Waals surface area contributed by atoms with E-state index >= 15 is 0 Å². The first-order valence-corrected chi connectivity index (χ1v) is 5.76. The molecule has 0 bridgehead atoms. The van der Waals surface area contributed by atoms with E-state index in [0.29, 0.717) is 5.88 Å². The predicted octanol–water partition coefficient (Wildman–Crippen LogP) is 2.85. The number of anilines is 1. The monoisotopic (exact) mass is 275 g/mol. The normalized spacial score (nSPS) is 9.90. The molecule has 1 heterocycles. The van der Waals surface area contributed by atoms with Crippen LogP contribution < -0.4 is 10.1 Å². The number of halogens is 2. The van der Waals surface area contributed by atoms with E-state index in [1.807, 2.05) is 0 Å². The van der Waals surface area contributed by atoms with Gasteiger partial charge in [0.25, 0.3) is 0 Å². The number of aromatic nitrogens is 1. The highest BCUT2D eigenvalue weighted by molar-refractivity contribution is 5.50. The van der Waals surface area contributed by atoms with Crippen molar-refractivity contribution in [2.75, 3.05) is 12.4 Å². The van der Waals surface area contributed by atoms with Crippen LogP contribution >= 0.6 is 0 Å². The van der Waals surface area contributed by atoms with Gasteiger partial charge in [-0.15, -0.1) is 0 Å². The van der Waals surface area contributed by atoms with Crippen molar-refractivity contribution < 1.29 is 13.5 Å². The van der Waals surface area contributed by atoms with Gasteiger partial charge in [0.05, 0.1) is 18.4 Å². The molecule has 1 N–H and O–H groups in total. The van der Waals surface area contributed by atoms with Gasteiger partial charge in [0, 0.05) is 18.8 Å². The Morgan fingerprint density at radius 3 is 2.65 bits per heavy atom. The van der Waals surface area contributed by atoms with E-state index in [0.717, 1.165) is 5.56 Å². The summed E-state index contributed by atoms with van der Waals surface area (Å²) >= 11 is 0. The molecule has 4 nitrogen and oxygen atoms in total. The second kappa shape index (κ2) is 5.97. The standard InChI is InChI=1S/C14H11F2N3O/c1-20-12-5-2-9(8-19-12)7-18-11-4-3-10(6-17)13(15)14(11)16/h2-5,8,18H,7H2,1H3. The van der Waals surface area contributed by atoms with Crippen molar-refractivity contribution in [2.45, 2.75) is 6.54 Å². The highest BCUT2D eigenvalue weighted by atomic mass is 19.2. The number of hydrogen-bond acceptors (Lipinski definition) is 4. The summed E-state index contributed by atoms with van der Waals surface area (Å²) in [5, 5.41) is 11.3. The summed E-state index contributed by atoms with van der Waals surface area (Å²) in [5.74, 6) is -1.74. The zero-order valence-electron chi connectivity index (χ0n) is 10.7. The number of pyridine rings is 1. The Morgan fingerprint density at radius 2 is 2.05 bits per heavy atom. The molecular weight excluding hydrogens is 264 g/mol. The van der Waals surface area contributed by atoms with Gasteiger partial charge in [-0.05, 0) is 17.7 Å². The number of hydrogen-bond donors (Lipinski definition) is 1. The van der Waals surface area contributed by atoms with Gasteiger partial charge in [0.1, 0.15) is 6.07 Å². The summed E-state index contributed by atoms with van der Waals surface area (Å²) in [5.41, 5.74) is 0.464. The fourth-order valence-corrected chi connectivity index (χ4v) is 1.61. The zero-order valence-corrected chi connectivity index (χ0v) is 10.7. The van der Waals surface area contributed by atoms with Crippen LogP contribution in [0.2, 0.25) is 0 Å². The van der Waals surface area contributed by atoms with E-state index < -0.39 is 11.6 Å². The highest BCUT2D eigenvalue weighted by Gasteiger charge is 2.12. The van der Waals surface area contributed by atoms with Crippen LogP contribution in [-0.4, -0.2) is 12.1 Å². The Bertz CT molecular complexity index is 651. The summed E-state index contributed by atoms with van der Waals surface area (Å²) in [7, 11) is 1.51. The number of nitrogens with zero attached hydrogens (tertiary/aromatic N) is 2. The van der Waals surface area contributed by atoms with Crippen molar-refractivity contribution in [2.24, 2.45) is 0 Å². The first-order chi connectivity index (χ1) is 9.65. The molecular formula is C14H11F2N3O. The molecule has 102 valence electrons. The van der Waals surface area contributed by atoms with Gasteiger partial charge in [0.2, 0.25) is 5.88 Å². The molecule has 0 fully saturated rings. The lowest BCUT2D eigenvalue weighted by Crippen LogP contribution is -2.04. The molecule has 0 spiro atoms. The van der Waals surface area contributed by atoms with Crippen molar-refractivity contribution in [3.63, 3.8) is 0 Å². The minimum atomic E-state index is -1.15. The van der Waals surface area contributed by atoms with E-state index in [1.165, 1.54) is 19.2 Å². The van der Waals surface area contributed by atoms with Crippen molar-refractivity contribution in [1.82, 2.24) is 4.98 Å². The molecule has 0 saturated heterocycles. The first kappa shape index (κ1) is 13.7. The highest BCUT2D eigenvalue weighted by Crippen LogP contribution is 2.20. The number of methoxy groups -OCH3 is 1. The van der Waals surface area contributed by atoms with E-state index in [9.17, 15) is 8.78 Å². The molecule has 1 aromatic carbocycles. The molecule has 0 amide bonds. The lowest BCUT2D eigenvalue weighted by Gasteiger charge is -2.09. The molecule has 0 aliphatic carbocycles. The SMILES string of the molecule is COc1ccc(CNc2ccc(C#N)c(F)c2F)cn1. The average Bonchev–Trinajstić information content (AvgIpc) is 2.49. The molecule has 6 heteroatoms. The van der Waals surface area contributed by atoms with Crippen LogP contribution in [0, 0.1) is 23.0 Å². The van der Waals surface area contributed by atoms with Crippen LogP contribution in [0.4, 0.5) is 14.5 Å². The largest absolute Gasteiger partial charge is 0.481 e. The second-order valence-corrected chi connectivity index (χ2v) is 3.96. The molecule has 1 aromatic heterocycles. The number of nitrogens with one attached hydrogen (secondary N) is 1. The fraction of sp³-hybridized carbons (Fsp3) is 0.143. The predicted molar refractivity (Wildman–Crippen MR) is 69.2 cm³/mol. The smallest absolute Gasteiger partial charge is 0.212 e. The Labute approximate surface area is 114 Å². The topological polar surface area (TPSA) is 57.9 Å². The van der Waals surface area contributed by atoms with Crippen molar-refractivity contribution in [1.29, 1.82) is 5.26 Å². The van der Waals surface area contributed by atoms with Crippen molar-refractivity contribution in [3.05, 3.63) is 53.2 Å². The summed E-state index contributed by atoms with van der Waals surface area (Å²) < 4.78 is 32.0. The van der Waals surface area contributed by atoms with Gasteiger partial charge < -0.3 is 10.1 Å². The quantitative estimate of drug-likeness (QED) is 0.932. The second-order valence-electron chi connectivity index (χ2n) is 3.96. The molecule has 0 atom stereocenters. The van der Waals surface area contributed by atoms with Crippen LogP contribution in [0.1, 0.15) is 11.1 Å². The minimum absolute atomic E-state index is 0.00248. The van der Waals surface area contributed by atoms with Gasteiger partial charge >= 0.3 is 0 Å². The molecule has 2 rings (SSSR count). The van der Waals surface area contributed by atoms with E-state index in [1.54, 1.807) is 24.4 Å². The summed E-state index contributed by atoms with van der Waals surface area (Å²) in [6, 6.07) is 7.57. The number of benzene rings is 1. The number of nitriles is 1. The van der Waals surface area contributed by atoms with Gasteiger partial charge in [-0.3, -0.25) is 0 Å². The molecule has 2 aromatic rings. The van der Waals surface area contributed by atoms with Gasteiger partial charge in [-0.25, -0.2) is 13.8 Å². The fourth-order valence-electron chi connectivity index (χ4n) is 1.61. The van der Waals surface area contributed by atoms with E-state index in [-0.39, 0.29) is 17.8 Å². The van der Waals surface area contributed by atoms with Gasteiger partial charge in [-0.2, -0.15) is 5.26 Å². The third-order valence-electron chi connectivity index (χ3n) is 2.69. The Hall–Kier alpha value is -2.68. The Morgan fingerprint density at radius 1 is 1.25 bits per heavy atom. The molecule has 0 aliphatic heterocycles. The lowest BCUT2D eigenvalue weighted by molar-refractivity contribution is 0.397. The van der Waals surface area contributed by atoms with E-state index in [4.69, 9.17) is 10.00 Å². The van der Waals surface area contributed by atoms with E-state index in [2.05, 4.69) is 10.3 Å². The maximum Gasteiger partial charge on any atom is 0.212 e. The molecule has 0 aliphatic rings. The van der Waals surface area contributed by atoms with Crippen LogP contribution in [0.25, 0.3) is 0 Å². The molecule has 0 saturated carbocycles. The maximum absolute atomic E-state index is 13.6. The van der Waals surface area contributed by atoms with Crippen LogP contribution in [0.5, 0.6) is 5.88 Å². The van der Waals surface area contributed by atoms with Crippen LogP contribution in [0.15, 0.2) is 30.5 Å². The molecule has 20 heavy (non-hydrogen) atoms. The third kappa shape index (κ3) is 2.83. The lowest BCUT2D eigenvalue weighted by atomic mass is 10.2. The minimum Gasteiger partial charge on any atom is -0.481 e.